The lowest BCUT2D eigenvalue weighted by Gasteiger charge is -2.31. The number of hydrogen-bond donors (Lipinski definition) is 0. The molecule has 1 atom stereocenters. The number of alkyl halides is 1. The maximum absolute atomic E-state index is 14.6. The predicted octanol–water partition coefficient (Wildman–Crippen LogP) is 8.12. The average Bonchev–Trinajstić information content (AvgIpc) is 2.73. The fraction of sp³-hybridized carbons (Fsp3) is 0.423. The number of rotatable bonds is 6. The Balaban J connectivity index is 0.000000500. The van der Waals surface area contributed by atoms with E-state index in [1.54, 1.807) is 0 Å². The van der Waals surface area contributed by atoms with Crippen molar-refractivity contribution in [1.29, 1.82) is 0 Å². The average molecular weight is 380 g/mol. The van der Waals surface area contributed by atoms with Crippen molar-refractivity contribution in [3.05, 3.63) is 66.4 Å². The van der Waals surface area contributed by atoms with E-state index in [1.165, 1.54) is 19.3 Å². The largest absolute Gasteiger partial charge is 0.256 e. The van der Waals surface area contributed by atoms with Gasteiger partial charge in [0.15, 0.2) is 0 Å². The number of halogens is 1. The fourth-order valence-electron chi connectivity index (χ4n) is 3.62. The second kappa shape index (κ2) is 10.4. The van der Waals surface area contributed by atoms with Gasteiger partial charge in [0.05, 0.1) is 5.69 Å². The highest BCUT2D eigenvalue weighted by Gasteiger charge is 2.32. The molecule has 1 nitrogen and oxygen atoms in total. The highest BCUT2D eigenvalue weighted by Crippen LogP contribution is 2.38. The zero-order valence-electron chi connectivity index (χ0n) is 18.0. The summed E-state index contributed by atoms with van der Waals surface area (Å²) in [7, 11) is 0. The Morgan fingerprint density at radius 3 is 2.18 bits per heavy atom. The number of nitrogens with zero attached hydrogens (tertiary/aromatic N) is 1. The van der Waals surface area contributed by atoms with Crippen molar-refractivity contribution in [2.45, 2.75) is 71.9 Å². The Bertz CT molecular complexity index is 862. The zero-order chi connectivity index (χ0) is 20.6. The first-order chi connectivity index (χ1) is 13.5. The Morgan fingerprint density at radius 1 is 0.893 bits per heavy atom. The van der Waals surface area contributed by atoms with Crippen LogP contribution in [0.3, 0.4) is 0 Å². The van der Waals surface area contributed by atoms with E-state index in [4.69, 9.17) is 0 Å². The molecule has 0 bridgehead atoms. The number of unbranched alkanes of at least 4 members (excludes halogenated alkanes) is 2. The molecule has 0 saturated carbocycles. The molecule has 0 N–H and O–H groups in total. The standard InChI is InChI=1S/C21H22FN.C5H12/c1-4-19(22)21(2,3)18-12-8-7-11-17(18)20-16-10-6-5-9-15(16)13-14-23-20;1-3-5-4-2/h5-14,19H,4H2,1-3H3;3-5H2,1-2H3/t19-;/m1./s1. The van der Waals surface area contributed by atoms with Crippen LogP contribution in [0.25, 0.3) is 22.0 Å². The lowest BCUT2D eigenvalue weighted by molar-refractivity contribution is 0.209. The SMILES string of the molecule is CCCCC.CC[C@@H](F)C(C)(C)c1ccccc1-c1nccc2ccccc12. The fourth-order valence-corrected chi connectivity index (χ4v) is 3.62. The van der Waals surface area contributed by atoms with Gasteiger partial charge in [0.25, 0.3) is 0 Å². The quantitative estimate of drug-likeness (QED) is 0.421. The Labute approximate surface area is 170 Å². The Morgan fingerprint density at radius 2 is 1.54 bits per heavy atom. The van der Waals surface area contributed by atoms with Crippen molar-refractivity contribution in [2.75, 3.05) is 0 Å². The van der Waals surface area contributed by atoms with E-state index in [0.717, 1.165) is 27.6 Å². The van der Waals surface area contributed by atoms with Gasteiger partial charge in [-0.1, -0.05) is 102 Å². The normalized spacial score (nSPS) is 12.4. The van der Waals surface area contributed by atoms with E-state index in [0.29, 0.717) is 6.42 Å². The van der Waals surface area contributed by atoms with Crippen LogP contribution in [0.15, 0.2) is 60.8 Å². The van der Waals surface area contributed by atoms with E-state index in [-0.39, 0.29) is 0 Å². The second-order valence-electron chi connectivity index (χ2n) is 7.88. The van der Waals surface area contributed by atoms with Gasteiger partial charge < -0.3 is 0 Å². The van der Waals surface area contributed by atoms with Crippen LogP contribution in [-0.4, -0.2) is 11.2 Å². The van der Waals surface area contributed by atoms with Gasteiger partial charge in [-0.2, -0.15) is 0 Å². The van der Waals surface area contributed by atoms with Crippen LogP contribution < -0.4 is 0 Å². The third-order valence-electron chi connectivity index (χ3n) is 5.40. The van der Waals surface area contributed by atoms with Gasteiger partial charge in [-0.25, -0.2) is 4.39 Å². The van der Waals surface area contributed by atoms with Crippen molar-refractivity contribution >= 4 is 10.8 Å². The molecule has 0 radical (unpaired) electrons. The van der Waals surface area contributed by atoms with Gasteiger partial charge in [-0.3, -0.25) is 4.98 Å². The van der Waals surface area contributed by atoms with Gasteiger partial charge >= 0.3 is 0 Å². The molecule has 3 aromatic rings. The van der Waals surface area contributed by atoms with E-state index in [9.17, 15) is 4.39 Å². The zero-order valence-corrected chi connectivity index (χ0v) is 18.0. The molecule has 0 aliphatic carbocycles. The molecule has 1 aromatic heterocycles. The topological polar surface area (TPSA) is 12.9 Å². The summed E-state index contributed by atoms with van der Waals surface area (Å²) in [6.45, 7) is 10.3. The molecule has 0 amide bonds. The summed E-state index contributed by atoms with van der Waals surface area (Å²) >= 11 is 0. The molecule has 150 valence electrons. The van der Waals surface area contributed by atoms with Gasteiger partial charge in [0.2, 0.25) is 0 Å². The van der Waals surface area contributed by atoms with Crippen molar-refractivity contribution < 1.29 is 4.39 Å². The predicted molar refractivity (Wildman–Crippen MR) is 121 cm³/mol. The van der Waals surface area contributed by atoms with Crippen LogP contribution in [0.4, 0.5) is 4.39 Å². The van der Waals surface area contributed by atoms with Gasteiger partial charge in [0.1, 0.15) is 6.17 Å². The van der Waals surface area contributed by atoms with E-state index < -0.39 is 11.6 Å². The second-order valence-corrected chi connectivity index (χ2v) is 7.88. The van der Waals surface area contributed by atoms with Gasteiger partial charge in [-0.15, -0.1) is 0 Å². The van der Waals surface area contributed by atoms with Crippen LogP contribution >= 0.6 is 0 Å². The van der Waals surface area contributed by atoms with Crippen molar-refractivity contribution in [2.24, 2.45) is 0 Å². The van der Waals surface area contributed by atoms with Crippen LogP contribution in [0.1, 0.15) is 65.9 Å². The summed E-state index contributed by atoms with van der Waals surface area (Å²) < 4.78 is 14.6. The first-order valence-electron chi connectivity index (χ1n) is 10.5. The number of pyridine rings is 1. The van der Waals surface area contributed by atoms with E-state index in [1.807, 2.05) is 69.4 Å². The van der Waals surface area contributed by atoms with Gasteiger partial charge in [0, 0.05) is 22.6 Å². The van der Waals surface area contributed by atoms with Crippen LogP contribution in [0.5, 0.6) is 0 Å². The van der Waals surface area contributed by atoms with Crippen molar-refractivity contribution in [3.8, 4) is 11.3 Å². The molecular formula is C26H34FN. The van der Waals surface area contributed by atoms with Gasteiger partial charge in [-0.05, 0) is 23.4 Å². The summed E-state index contributed by atoms with van der Waals surface area (Å²) in [6.07, 6.45) is 5.52. The minimum atomic E-state index is -0.890. The first-order valence-corrected chi connectivity index (χ1v) is 10.5. The summed E-state index contributed by atoms with van der Waals surface area (Å²) in [6, 6.07) is 18.3. The molecule has 0 unspecified atom stereocenters. The maximum atomic E-state index is 14.6. The summed E-state index contributed by atoms with van der Waals surface area (Å²) in [5.74, 6) is 0. The Hall–Kier alpha value is -2.22. The van der Waals surface area contributed by atoms with E-state index in [2.05, 4.69) is 31.0 Å². The summed E-state index contributed by atoms with van der Waals surface area (Å²) in [5, 5.41) is 2.25. The van der Waals surface area contributed by atoms with Crippen LogP contribution in [0.2, 0.25) is 0 Å². The molecule has 2 heteroatoms. The van der Waals surface area contributed by atoms with E-state index >= 15 is 0 Å². The molecule has 0 spiro atoms. The molecule has 0 aliphatic rings. The number of fused-ring (bicyclic) bond motifs is 1. The third kappa shape index (κ3) is 4.98. The molecular weight excluding hydrogens is 345 g/mol. The van der Waals surface area contributed by atoms with Crippen molar-refractivity contribution in [3.63, 3.8) is 0 Å². The number of hydrogen-bond acceptors (Lipinski definition) is 1. The third-order valence-corrected chi connectivity index (χ3v) is 5.40. The van der Waals surface area contributed by atoms with Crippen LogP contribution in [0, 0.1) is 0 Å². The molecule has 28 heavy (non-hydrogen) atoms. The monoisotopic (exact) mass is 379 g/mol. The lowest BCUT2D eigenvalue weighted by atomic mass is 9.76. The molecule has 2 aromatic carbocycles. The molecule has 0 fully saturated rings. The van der Waals surface area contributed by atoms with Crippen molar-refractivity contribution in [1.82, 2.24) is 4.98 Å². The minimum Gasteiger partial charge on any atom is -0.256 e. The maximum Gasteiger partial charge on any atom is 0.109 e. The first kappa shape index (κ1) is 22.1. The molecule has 0 saturated heterocycles. The molecule has 0 aliphatic heterocycles. The minimum absolute atomic E-state index is 0.504. The lowest BCUT2D eigenvalue weighted by Crippen LogP contribution is -2.30. The number of aromatic nitrogens is 1. The number of benzene rings is 2. The smallest absolute Gasteiger partial charge is 0.109 e. The Kier molecular flexibility index (Phi) is 8.17. The van der Waals surface area contributed by atoms with Crippen LogP contribution in [-0.2, 0) is 5.41 Å². The molecule has 3 rings (SSSR count). The highest BCUT2D eigenvalue weighted by molar-refractivity contribution is 5.95. The summed E-state index contributed by atoms with van der Waals surface area (Å²) in [5.41, 5.74) is 2.41. The highest BCUT2D eigenvalue weighted by atomic mass is 19.1. The molecule has 1 heterocycles. The summed E-state index contributed by atoms with van der Waals surface area (Å²) in [4.78, 5) is 4.61.